The van der Waals surface area contributed by atoms with E-state index in [9.17, 15) is 0 Å². The topological polar surface area (TPSA) is 41.9 Å². The van der Waals surface area contributed by atoms with Crippen LogP contribution in [-0.4, -0.2) is 22.0 Å². The quantitative estimate of drug-likeness (QED) is 0.481. The molecule has 1 atom stereocenters. The average Bonchev–Trinajstić information content (AvgIpc) is 2.79. The van der Waals surface area contributed by atoms with Gasteiger partial charge in [0.25, 0.3) is 0 Å². The highest BCUT2D eigenvalue weighted by atomic mass is 15.2. The van der Waals surface area contributed by atoms with E-state index in [1.807, 2.05) is 56.1 Å². The molecule has 0 amide bonds. The van der Waals surface area contributed by atoms with Gasteiger partial charge in [0.05, 0.1) is 11.9 Å². The van der Waals surface area contributed by atoms with Crippen molar-refractivity contribution < 1.29 is 0 Å². The third-order valence-corrected chi connectivity index (χ3v) is 4.93. The summed E-state index contributed by atoms with van der Waals surface area (Å²) >= 11 is 0. The van der Waals surface area contributed by atoms with Crippen LogP contribution in [-0.2, 0) is 6.42 Å². The van der Waals surface area contributed by atoms with E-state index in [1.165, 1.54) is 16.7 Å². The number of anilines is 2. The van der Waals surface area contributed by atoms with Crippen LogP contribution in [0.2, 0.25) is 0 Å². The van der Waals surface area contributed by atoms with Crippen LogP contribution in [0.5, 0.6) is 0 Å². The van der Waals surface area contributed by atoms with E-state index in [0.717, 1.165) is 17.9 Å². The molecule has 28 heavy (non-hydrogen) atoms. The molecule has 0 fully saturated rings. The lowest BCUT2D eigenvalue weighted by molar-refractivity contribution is 0.794. The van der Waals surface area contributed by atoms with Crippen LogP contribution < -0.4 is 4.90 Å². The highest BCUT2D eigenvalue weighted by Crippen LogP contribution is 2.32. The molecule has 0 N–H and O–H groups in total. The zero-order chi connectivity index (χ0) is 19.2. The number of pyridine rings is 3. The molecule has 0 aliphatic rings. The van der Waals surface area contributed by atoms with E-state index in [-0.39, 0.29) is 5.92 Å². The number of nitrogens with zero attached hydrogens (tertiary/aromatic N) is 4. The summed E-state index contributed by atoms with van der Waals surface area (Å²) in [5, 5.41) is 0. The summed E-state index contributed by atoms with van der Waals surface area (Å²) in [6.45, 7) is 0. The second-order valence-electron chi connectivity index (χ2n) is 6.71. The Kier molecular flexibility index (Phi) is 5.38. The predicted molar refractivity (Wildman–Crippen MR) is 113 cm³/mol. The van der Waals surface area contributed by atoms with Gasteiger partial charge in [0.15, 0.2) is 0 Å². The smallest absolute Gasteiger partial charge is 0.135 e. The largest absolute Gasteiger partial charge is 0.328 e. The zero-order valence-electron chi connectivity index (χ0n) is 15.8. The number of rotatable bonds is 6. The summed E-state index contributed by atoms with van der Waals surface area (Å²) in [4.78, 5) is 15.4. The van der Waals surface area contributed by atoms with Crippen LogP contribution in [0, 0.1) is 0 Å². The van der Waals surface area contributed by atoms with Gasteiger partial charge in [-0.05, 0) is 47.4 Å². The lowest BCUT2D eigenvalue weighted by Crippen LogP contribution is -2.15. The van der Waals surface area contributed by atoms with E-state index in [1.54, 1.807) is 6.20 Å². The molecule has 0 saturated heterocycles. The van der Waals surface area contributed by atoms with Gasteiger partial charge in [0.1, 0.15) is 5.82 Å². The highest BCUT2D eigenvalue weighted by Gasteiger charge is 2.19. The van der Waals surface area contributed by atoms with E-state index < -0.39 is 0 Å². The van der Waals surface area contributed by atoms with Crippen LogP contribution in [0.3, 0.4) is 0 Å². The van der Waals surface area contributed by atoms with Crippen molar-refractivity contribution >= 4 is 11.5 Å². The van der Waals surface area contributed by atoms with E-state index in [2.05, 4.69) is 62.3 Å². The Labute approximate surface area is 165 Å². The van der Waals surface area contributed by atoms with Crippen LogP contribution >= 0.6 is 0 Å². The molecule has 0 saturated carbocycles. The molecular formula is C24H22N4. The maximum absolute atomic E-state index is 4.68. The first-order valence-electron chi connectivity index (χ1n) is 9.35. The van der Waals surface area contributed by atoms with Crippen molar-refractivity contribution in [2.75, 3.05) is 11.9 Å². The Morgan fingerprint density at radius 3 is 2.18 bits per heavy atom. The molecule has 0 bridgehead atoms. The molecule has 1 aromatic carbocycles. The first-order chi connectivity index (χ1) is 13.8. The molecule has 4 heteroatoms. The van der Waals surface area contributed by atoms with Gasteiger partial charge in [-0.15, -0.1) is 0 Å². The first kappa shape index (κ1) is 17.9. The van der Waals surface area contributed by atoms with Crippen molar-refractivity contribution in [2.45, 2.75) is 12.3 Å². The molecule has 0 radical (unpaired) electrons. The standard InChI is InChI=1S/C24H22N4/c1-28(22-12-7-14-26-18-22)24-20(10-6-15-27-24)16-23(19-8-3-2-4-9-19)21-11-5-13-25-17-21/h2-15,17-18,23H,16H2,1H3. The van der Waals surface area contributed by atoms with Crippen molar-refractivity contribution in [3.8, 4) is 0 Å². The van der Waals surface area contributed by atoms with Gasteiger partial charge in [-0.3, -0.25) is 9.97 Å². The Balaban J connectivity index is 1.72. The minimum absolute atomic E-state index is 0.208. The summed E-state index contributed by atoms with van der Waals surface area (Å²) in [5.74, 6) is 1.15. The van der Waals surface area contributed by atoms with Crippen molar-refractivity contribution in [3.05, 3.63) is 114 Å². The maximum atomic E-state index is 4.68. The Hall–Kier alpha value is -3.53. The molecule has 0 spiro atoms. The summed E-state index contributed by atoms with van der Waals surface area (Å²) in [5.41, 5.74) is 4.67. The van der Waals surface area contributed by atoms with Crippen LogP contribution in [0.1, 0.15) is 22.6 Å². The molecule has 4 nitrogen and oxygen atoms in total. The second kappa shape index (κ2) is 8.44. The number of hydrogen-bond donors (Lipinski definition) is 0. The van der Waals surface area contributed by atoms with E-state index in [4.69, 9.17) is 0 Å². The lowest BCUT2D eigenvalue weighted by atomic mass is 9.87. The van der Waals surface area contributed by atoms with Crippen molar-refractivity contribution in [1.82, 2.24) is 15.0 Å². The SMILES string of the molecule is CN(c1cccnc1)c1ncccc1CC(c1ccccc1)c1cccnc1. The average molecular weight is 366 g/mol. The fraction of sp³-hybridized carbons (Fsp3) is 0.125. The zero-order valence-corrected chi connectivity index (χ0v) is 15.8. The highest BCUT2D eigenvalue weighted by molar-refractivity contribution is 5.61. The molecule has 138 valence electrons. The molecule has 4 aromatic rings. The number of benzene rings is 1. The van der Waals surface area contributed by atoms with Gasteiger partial charge < -0.3 is 4.90 Å². The summed E-state index contributed by atoms with van der Waals surface area (Å²) < 4.78 is 0. The van der Waals surface area contributed by atoms with Gasteiger partial charge in [0, 0.05) is 37.8 Å². The van der Waals surface area contributed by atoms with Crippen molar-refractivity contribution in [1.29, 1.82) is 0 Å². The summed E-state index contributed by atoms with van der Waals surface area (Å²) in [6, 6.07) is 22.9. The lowest BCUT2D eigenvalue weighted by Gasteiger charge is -2.24. The molecule has 4 rings (SSSR count). The molecular weight excluding hydrogens is 344 g/mol. The predicted octanol–water partition coefficient (Wildman–Crippen LogP) is 5.01. The Morgan fingerprint density at radius 2 is 1.46 bits per heavy atom. The fourth-order valence-corrected chi connectivity index (χ4v) is 3.48. The maximum Gasteiger partial charge on any atom is 0.135 e. The summed E-state index contributed by atoms with van der Waals surface area (Å²) in [6.07, 6.45) is 10.1. The van der Waals surface area contributed by atoms with E-state index >= 15 is 0 Å². The second-order valence-corrected chi connectivity index (χ2v) is 6.71. The van der Waals surface area contributed by atoms with E-state index in [0.29, 0.717) is 0 Å². The molecule has 3 heterocycles. The molecule has 3 aromatic heterocycles. The Morgan fingerprint density at radius 1 is 0.750 bits per heavy atom. The van der Waals surface area contributed by atoms with Crippen LogP contribution in [0.25, 0.3) is 0 Å². The van der Waals surface area contributed by atoms with Gasteiger partial charge in [-0.25, -0.2) is 4.98 Å². The molecule has 0 aliphatic heterocycles. The number of aromatic nitrogens is 3. The normalized spacial score (nSPS) is 11.8. The first-order valence-corrected chi connectivity index (χ1v) is 9.35. The van der Waals surface area contributed by atoms with Gasteiger partial charge in [-0.2, -0.15) is 0 Å². The van der Waals surface area contributed by atoms with Crippen molar-refractivity contribution in [2.24, 2.45) is 0 Å². The van der Waals surface area contributed by atoms with Gasteiger partial charge in [0.2, 0.25) is 0 Å². The minimum Gasteiger partial charge on any atom is -0.328 e. The minimum atomic E-state index is 0.208. The summed E-state index contributed by atoms with van der Waals surface area (Å²) in [7, 11) is 2.03. The third-order valence-electron chi connectivity index (χ3n) is 4.93. The third kappa shape index (κ3) is 3.91. The van der Waals surface area contributed by atoms with Crippen molar-refractivity contribution in [3.63, 3.8) is 0 Å². The monoisotopic (exact) mass is 366 g/mol. The van der Waals surface area contributed by atoms with Crippen LogP contribution in [0.4, 0.5) is 11.5 Å². The Bertz CT molecular complexity index is 965. The fourth-order valence-electron chi connectivity index (χ4n) is 3.48. The van der Waals surface area contributed by atoms with Gasteiger partial charge in [-0.1, -0.05) is 42.5 Å². The number of hydrogen-bond acceptors (Lipinski definition) is 4. The molecule has 0 aliphatic carbocycles. The molecule has 1 unspecified atom stereocenters. The van der Waals surface area contributed by atoms with Gasteiger partial charge >= 0.3 is 0 Å². The van der Waals surface area contributed by atoms with Crippen LogP contribution in [0.15, 0.2) is 97.7 Å².